The van der Waals surface area contributed by atoms with Gasteiger partial charge in [-0.05, 0) is 18.7 Å². The summed E-state index contributed by atoms with van der Waals surface area (Å²) in [4.78, 5) is 16.7. The van der Waals surface area contributed by atoms with Gasteiger partial charge in [0.05, 0.1) is 5.69 Å². The number of thiazole rings is 1. The van der Waals surface area contributed by atoms with E-state index in [1.807, 2.05) is 19.2 Å². The molecule has 0 aromatic carbocycles. The topological polar surface area (TPSA) is 59.8 Å². The molecule has 0 radical (unpaired) electrons. The molecule has 2 rings (SSSR count). The number of rotatable bonds is 8. The van der Waals surface area contributed by atoms with Gasteiger partial charge in [0.25, 0.3) is 0 Å². The van der Waals surface area contributed by atoms with Gasteiger partial charge in [-0.2, -0.15) is 16.9 Å². The van der Waals surface area contributed by atoms with Crippen LogP contribution in [0.2, 0.25) is 0 Å². The molecule has 0 saturated heterocycles. The lowest BCUT2D eigenvalue weighted by Gasteiger charge is -2.15. The minimum atomic E-state index is -0.234. The van der Waals surface area contributed by atoms with Crippen molar-refractivity contribution in [2.75, 3.05) is 12.8 Å². The second-order valence-electron chi connectivity index (χ2n) is 4.62. The van der Waals surface area contributed by atoms with Gasteiger partial charge >= 0.3 is 0 Å². The summed E-state index contributed by atoms with van der Waals surface area (Å²) in [5.41, 5.74) is 1.05. The van der Waals surface area contributed by atoms with E-state index in [4.69, 9.17) is 0 Å². The molecular weight excluding hydrogens is 304 g/mol. The lowest BCUT2D eigenvalue weighted by Crippen LogP contribution is -2.33. The summed E-state index contributed by atoms with van der Waals surface area (Å²) in [5, 5.41) is 10.3. The van der Waals surface area contributed by atoms with E-state index in [-0.39, 0.29) is 11.9 Å². The summed E-state index contributed by atoms with van der Waals surface area (Å²) in [6.07, 6.45) is 7.08. The second-order valence-corrected chi connectivity index (χ2v) is 6.43. The number of thioether (sulfide) groups is 1. The van der Waals surface area contributed by atoms with E-state index in [0.29, 0.717) is 6.54 Å². The molecule has 5 nitrogen and oxygen atoms in total. The Morgan fingerprint density at radius 1 is 1.57 bits per heavy atom. The smallest absolute Gasteiger partial charge is 0.244 e. The Morgan fingerprint density at radius 3 is 3.10 bits per heavy atom. The number of nitrogens with one attached hydrogen (secondary N) is 1. The molecule has 0 aliphatic carbocycles. The van der Waals surface area contributed by atoms with Crippen molar-refractivity contribution in [3.63, 3.8) is 0 Å². The van der Waals surface area contributed by atoms with E-state index in [1.165, 1.54) is 0 Å². The van der Waals surface area contributed by atoms with E-state index >= 15 is 0 Å². The van der Waals surface area contributed by atoms with Crippen LogP contribution in [0.1, 0.15) is 30.1 Å². The SMILES string of the molecule is CC[C@@H](C(=O)NCCc1csc(CSC)n1)n1cccn1. The Morgan fingerprint density at radius 2 is 2.43 bits per heavy atom. The van der Waals surface area contributed by atoms with E-state index in [0.717, 1.165) is 29.3 Å². The van der Waals surface area contributed by atoms with Gasteiger partial charge in [0, 0.05) is 36.5 Å². The van der Waals surface area contributed by atoms with Crippen molar-refractivity contribution in [2.45, 2.75) is 31.6 Å². The average molecular weight is 324 g/mol. The van der Waals surface area contributed by atoms with Crippen molar-refractivity contribution in [3.05, 3.63) is 34.5 Å². The van der Waals surface area contributed by atoms with E-state index in [2.05, 4.69) is 27.0 Å². The molecule has 21 heavy (non-hydrogen) atoms. The van der Waals surface area contributed by atoms with Crippen LogP contribution in [0.5, 0.6) is 0 Å². The third-order valence-corrected chi connectivity index (χ3v) is 4.72. The number of nitrogens with zero attached hydrogens (tertiary/aromatic N) is 3. The number of hydrogen-bond donors (Lipinski definition) is 1. The summed E-state index contributed by atoms with van der Waals surface area (Å²) >= 11 is 3.45. The first-order valence-corrected chi connectivity index (χ1v) is 9.21. The first-order valence-electron chi connectivity index (χ1n) is 6.93. The van der Waals surface area contributed by atoms with Gasteiger partial charge in [0.2, 0.25) is 5.91 Å². The number of carbonyl (C=O) groups excluding carboxylic acids is 1. The number of aromatic nitrogens is 3. The van der Waals surface area contributed by atoms with Gasteiger partial charge in [0.15, 0.2) is 0 Å². The molecule has 114 valence electrons. The molecule has 0 aliphatic heterocycles. The molecular formula is C14H20N4OS2. The molecule has 0 saturated carbocycles. The van der Waals surface area contributed by atoms with Crippen LogP contribution >= 0.6 is 23.1 Å². The van der Waals surface area contributed by atoms with Crippen molar-refractivity contribution in [3.8, 4) is 0 Å². The van der Waals surface area contributed by atoms with Crippen LogP contribution in [-0.4, -0.2) is 33.5 Å². The van der Waals surface area contributed by atoms with Gasteiger partial charge in [-0.1, -0.05) is 6.92 Å². The third-order valence-electron chi connectivity index (χ3n) is 3.08. The maximum atomic E-state index is 12.2. The zero-order valence-corrected chi connectivity index (χ0v) is 13.9. The molecule has 2 aromatic rings. The van der Waals surface area contributed by atoms with E-state index in [1.54, 1.807) is 34.0 Å². The second kappa shape index (κ2) is 8.19. The minimum Gasteiger partial charge on any atom is -0.354 e. The van der Waals surface area contributed by atoms with Crippen molar-refractivity contribution in [1.82, 2.24) is 20.1 Å². The summed E-state index contributed by atoms with van der Waals surface area (Å²) in [7, 11) is 0. The standard InChI is InChI=1S/C14H20N4OS2/c1-3-12(18-8-4-6-16-18)14(19)15-7-5-11-9-21-13(17-11)10-20-2/h4,6,8-9,12H,3,5,7,10H2,1-2H3,(H,15,19)/t12-/m0/s1. The Hall–Kier alpha value is -1.34. The number of carbonyl (C=O) groups is 1. The predicted octanol–water partition coefficient (Wildman–Crippen LogP) is 2.51. The highest BCUT2D eigenvalue weighted by atomic mass is 32.2. The Kier molecular flexibility index (Phi) is 6.25. The summed E-state index contributed by atoms with van der Waals surface area (Å²) in [5.74, 6) is 0.967. The lowest BCUT2D eigenvalue weighted by atomic mass is 10.2. The van der Waals surface area contributed by atoms with Crippen LogP contribution in [0.4, 0.5) is 0 Å². The third kappa shape index (κ3) is 4.57. The van der Waals surface area contributed by atoms with Crippen molar-refractivity contribution >= 4 is 29.0 Å². The molecule has 2 heterocycles. The maximum Gasteiger partial charge on any atom is 0.244 e. The van der Waals surface area contributed by atoms with Crippen LogP contribution in [-0.2, 0) is 17.0 Å². The molecule has 7 heteroatoms. The Bertz CT molecular complexity index is 553. The molecule has 0 fully saturated rings. The fourth-order valence-electron chi connectivity index (χ4n) is 2.04. The van der Waals surface area contributed by atoms with Crippen molar-refractivity contribution in [1.29, 1.82) is 0 Å². The van der Waals surface area contributed by atoms with Gasteiger partial charge in [0.1, 0.15) is 11.0 Å². The first-order chi connectivity index (χ1) is 10.2. The maximum absolute atomic E-state index is 12.2. The predicted molar refractivity (Wildman–Crippen MR) is 87.6 cm³/mol. The Balaban J connectivity index is 1.80. The van der Waals surface area contributed by atoms with Crippen LogP contribution < -0.4 is 5.32 Å². The van der Waals surface area contributed by atoms with E-state index in [9.17, 15) is 4.79 Å². The molecule has 0 aliphatic rings. The van der Waals surface area contributed by atoms with Crippen LogP contribution in [0.3, 0.4) is 0 Å². The van der Waals surface area contributed by atoms with E-state index < -0.39 is 0 Å². The quantitative estimate of drug-likeness (QED) is 0.810. The van der Waals surface area contributed by atoms with Crippen molar-refractivity contribution < 1.29 is 4.79 Å². The Labute approximate surface area is 133 Å². The molecule has 0 bridgehead atoms. The lowest BCUT2D eigenvalue weighted by molar-refractivity contribution is -0.124. The first kappa shape index (κ1) is 16.0. The average Bonchev–Trinajstić information content (AvgIpc) is 3.12. The zero-order valence-electron chi connectivity index (χ0n) is 12.3. The summed E-state index contributed by atoms with van der Waals surface area (Å²) < 4.78 is 1.70. The van der Waals surface area contributed by atoms with Crippen LogP contribution in [0.15, 0.2) is 23.8 Å². The number of amides is 1. The molecule has 2 aromatic heterocycles. The molecule has 0 spiro atoms. The van der Waals surface area contributed by atoms with Gasteiger partial charge in [-0.25, -0.2) is 4.98 Å². The summed E-state index contributed by atoms with van der Waals surface area (Å²) in [6, 6.07) is 1.60. The number of hydrogen-bond acceptors (Lipinski definition) is 5. The zero-order chi connectivity index (χ0) is 15.1. The molecule has 1 N–H and O–H groups in total. The fraction of sp³-hybridized carbons (Fsp3) is 0.500. The van der Waals surface area contributed by atoms with Crippen LogP contribution in [0.25, 0.3) is 0 Å². The van der Waals surface area contributed by atoms with Crippen molar-refractivity contribution in [2.24, 2.45) is 0 Å². The normalized spacial score (nSPS) is 12.3. The van der Waals surface area contributed by atoms with Gasteiger partial charge < -0.3 is 5.32 Å². The molecule has 1 amide bonds. The molecule has 0 unspecified atom stereocenters. The largest absolute Gasteiger partial charge is 0.354 e. The monoisotopic (exact) mass is 324 g/mol. The highest BCUT2D eigenvalue weighted by Gasteiger charge is 2.17. The highest BCUT2D eigenvalue weighted by molar-refractivity contribution is 7.97. The van der Waals surface area contributed by atoms with Gasteiger partial charge in [-0.3, -0.25) is 9.48 Å². The minimum absolute atomic E-state index is 0.0146. The highest BCUT2D eigenvalue weighted by Crippen LogP contribution is 2.15. The van der Waals surface area contributed by atoms with Crippen LogP contribution in [0, 0.1) is 0 Å². The van der Waals surface area contributed by atoms with Gasteiger partial charge in [-0.15, -0.1) is 11.3 Å². The fourth-order valence-corrected chi connectivity index (χ4v) is 3.59. The molecule has 1 atom stereocenters. The summed E-state index contributed by atoms with van der Waals surface area (Å²) in [6.45, 7) is 2.60.